The van der Waals surface area contributed by atoms with Gasteiger partial charge < -0.3 is 4.90 Å². The van der Waals surface area contributed by atoms with Crippen molar-refractivity contribution in [3.05, 3.63) is 23.5 Å². The molecule has 0 saturated carbocycles. The maximum atomic E-state index is 13.1. The van der Waals surface area contributed by atoms with Crippen molar-refractivity contribution >= 4 is 16.9 Å². The van der Waals surface area contributed by atoms with Crippen LogP contribution in [0.5, 0.6) is 0 Å². The lowest BCUT2D eigenvalue weighted by molar-refractivity contribution is 0.0764. The Hall–Kier alpha value is -1.91. The molecule has 132 valence electrons. The zero-order valence-electron chi connectivity index (χ0n) is 15.8. The van der Waals surface area contributed by atoms with E-state index in [2.05, 4.69) is 39.7 Å². The normalized spacial score (nSPS) is 11.7. The molecule has 5 heteroatoms. The quantitative estimate of drug-likeness (QED) is 0.756. The van der Waals surface area contributed by atoms with Gasteiger partial charge in [-0.25, -0.2) is 9.67 Å². The van der Waals surface area contributed by atoms with Crippen molar-refractivity contribution in [1.82, 2.24) is 19.7 Å². The van der Waals surface area contributed by atoms with Crippen molar-refractivity contribution in [1.29, 1.82) is 0 Å². The van der Waals surface area contributed by atoms with E-state index in [1.54, 1.807) is 6.20 Å². The van der Waals surface area contributed by atoms with Crippen LogP contribution < -0.4 is 0 Å². The van der Waals surface area contributed by atoms with Crippen molar-refractivity contribution in [3.63, 3.8) is 0 Å². The van der Waals surface area contributed by atoms with E-state index >= 15 is 0 Å². The van der Waals surface area contributed by atoms with Crippen LogP contribution in [0.15, 0.2) is 12.3 Å². The highest BCUT2D eigenvalue weighted by atomic mass is 16.2. The Kier molecular flexibility index (Phi) is 5.97. The van der Waals surface area contributed by atoms with Crippen LogP contribution in [0.2, 0.25) is 0 Å². The Labute approximate surface area is 145 Å². The van der Waals surface area contributed by atoms with Crippen LogP contribution >= 0.6 is 0 Å². The summed E-state index contributed by atoms with van der Waals surface area (Å²) in [5, 5.41) is 5.32. The molecule has 0 radical (unpaired) electrons. The standard InChI is InChI=1S/C19H30N4O/c1-7-9-10-22(8-2)19(24)15-11-17(13(3)4)21-18-16(15)12-20-23(18)14(5)6/h11-14H,7-10H2,1-6H3. The Bertz CT molecular complexity index is 703. The van der Waals surface area contributed by atoms with Crippen LogP contribution in [0.3, 0.4) is 0 Å². The zero-order valence-corrected chi connectivity index (χ0v) is 15.8. The van der Waals surface area contributed by atoms with Gasteiger partial charge in [-0.3, -0.25) is 4.79 Å². The third-order valence-corrected chi connectivity index (χ3v) is 4.35. The lowest BCUT2D eigenvalue weighted by atomic mass is 10.0. The molecule has 24 heavy (non-hydrogen) atoms. The lowest BCUT2D eigenvalue weighted by Gasteiger charge is -2.21. The number of carbonyl (C=O) groups is 1. The summed E-state index contributed by atoms with van der Waals surface area (Å²) in [6.07, 6.45) is 3.89. The Morgan fingerprint density at radius 3 is 2.50 bits per heavy atom. The topological polar surface area (TPSA) is 51.0 Å². The second kappa shape index (κ2) is 7.77. The van der Waals surface area contributed by atoms with Crippen molar-refractivity contribution < 1.29 is 4.79 Å². The van der Waals surface area contributed by atoms with E-state index in [9.17, 15) is 4.79 Å². The van der Waals surface area contributed by atoms with Gasteiger partial charge in [-0.2, -0.15) is 5.10 Å². The van der Waals surface area contributed by atoms with Crippen LogP contribution in [-0.2, 0) is 0 Å². The van der Waals surface area contributed by atoms with Crippen molar-refractivity contribution in [2.45, 2.75) is 66.3 Å². The number of hydrogen-bond acceptors (Lipinski definition) is 3. The van der Waals surface area contributed by atoms with E-state index in [4.69, 9.17) is 4.98 Å². The molecule has 0 aliphatic heterocycles. The summed E-state index contributed by atoms with van der Waals surface area (Å²) in [7, 11) is 0. The van der Waals surface area contributed by atoms with Crippen molar-refractivity contribution in [2.24, 2.45) is 0 Å². The first-order chi connectivity index (χ1) is 11.4. The second-order valence-electron chi connectivity index (χ2n) is 6.91. The number of aromatic nitrogens is 3. The van der Waals surface area contributed by atoms with Gasteiger partial charge in [0.15, 0.2) is 5.65 Å². The monoisotopic (exact) mass is 330 g/mol. The third-order valence-electron chi connectivity index (χ3n) is 4.35. The van der Waals surface area contributed by atoms with E-state index in [0.717, 1.165) is 48.2 Å². The number of nitrogens with zero attached hydrogens (tertiary/aromatic N) is 4. The van der Waals surface area contributed by atoms with Crippen LogP contribution in [0, 0.1) is 0 Å². The van der Waals surface area contributed by atoms with Gasteiger partial charge in [0.2, 0.25) is 0 Å². The molecular formula is C19H30N4O. The largest absolute Gasteiger partial charge is 0.339 e. The molecule has 0 spiro atoms. The van der Waals surface area contributed by atoms with Crippen molar-refractivity contribution in [3.8, 4) is 0 Å². The third kappa shape index (κ3) is 3.60. The average Bonchev–Trinajstić information content (AvgIpc) is 2.98. The predicted molar refractivity (Wildman–Crippen MR) is 98.5 cm³/mol. The Morgan fingerprint density at radius 2 is 1.96 bits per heavy atom. The summed E-state index contributed by atoms with van der Waals surface area (Å²) in [5.41, 5.74) is 2.49. The number of rotatable bonds is 7. The zero-order chi connectivity index (χ0) is 17.9. The second-order valence-corrected chi connectivity index (χ2v) is 6.91. The van der Waals surface area contributed by atoms with Gasteiger partial charge in [-0.15, -0.1) is 0 Å². The summed E-state index contributed by atoms with van der Waals surface area (Å²) >= 11 is 0. The first kappa shape index (κ1) is 18.4. The molecule has 2 aromatic rings. The van der Waals surface area contributed by atoms with Crippen LogP contribution in [0.25, 0.3) is 11.0 Å². The number of hydrogen-bond donors (Lipinski definition) is 0. The highest BCUT2D eigenvalue weighted by Crippen LogP contribution is 2.25. The molecule has 2 aromatic heterocycles. The molecule has 0 unspecified atom stereocenters. The maximum Gasteiger partial charge on any atom is 0.254 e. The van der Waals surface area contributed by atoms with Gasteiger partial charge >= 0.3 is 0 Å². The first-order valence-electron chi connectivity index (χ1n) is 9.08. The minimum atomic E-state index is 0.0866. The minimum absolute atomic E-state index is 0.0866. The molecule has 2 heterocycles. The molecule has 0 saturated heterocycles. The highest BCUT2D eigenvalue weighted by molar-refractivity contribution is 6.05. The minimum Gasteiger partial charge on any atom is -0.339 e. The molecule has 1 amide bonds. The van der Waals surface area contributed by atoms with Crippen molar-refractivity contribution in [2.75, 3.05) is 13.1 Å². The van der Waals surface area contributed by atoms with E-state index in [1.807, 2.05) is 22.6 Å². The fourth-order valence-electron chi connectivity index (χ4n) is 2.81. The lowest BCUT2D eigenvalue weighted by Crippen LogP contribution is -2.32. The number of pyridine rings is 1. The summed E-state index contributed by atoms with van der Waals surface area (Å²) in [6.45, 7) is 14.1. The van der Waals surface area contributed by atoms with Gasteiger partial charge in [0.1, 0.15) is 0 Å². The fourth-order valence-corrected chi connectivity index (χ4v) is 2.81. The van der Waals surface area contributed by atoms with E-state index in [1.165, 1.54) is 0 Å². The number of amides is 1. The average molecular weight is 330 g/mol. The van der Waals surface area contributed by atoms with E-state index in [0.29, 0.717) is 0 Å². The van der Waals surface area contributed by atoms with Gasteiger partial charge in [0.25, 0.3) is 5.91 Å². The molecular weight excluding hydrogens is 300 g/mol. The van der Waals surface area contributed by atoms with Gasteiger partial charge in [0.05, 0.1) is 17.1 Å². The maximum absolute atomic E-state index is 13.1. The van der Waals surface area contributed by atoms with Crippen LogP contribution in [0.4, 0.5) is 0 Å². The molecule has 2 rings (SSSR count). The first-order valence-corrected chi connectivity index (χ1v) is 9.08. The molecule has 0 atom stereocenters. The Morgan fingerprint density at radius 1 is 1.25 bits per heavy atom. The van der Waals surface area contributed by atoms with Crippen LogP contribution in [0.1, 0.15) is 82.4 Å². The Balaban J connectivity index is 2.57. The van der Waals surface area contributed by atoms with Gasteiger partial charge in [-0.05, 0) is 39.2 Å². The van der Waals surface area contributed by atoms with Crippen LogP contribution in [-0.4, -0.2) is 38.7 Å². The van der Waals surface area contributed by atoms with Gasteiger partial charge in [-0.1, -0.05) is 27.2 Å². The predicted octanol–water partition coefficient (Wildman–Crippen LogP) is 4.40. The smallest absolute Gasteiger partial charge is 0.254 e. The molecule has 0 fully saturated rings. The molecule has 0 aromatic carbocycles. The fraction of sp³-hybridized carbons (Fsp3) is 0.632. The summed E-state index contributed by atoms with van der Waals surface area (Å²) in [4.78, 5) is 19.8. The molecule has 0 aliphatic carbocycles. The number of fused-ring (bicyclic) bond motifs is 1. The number of unbranched alkanes of at least 4 members (excludes halogenated alkanes) is 1. The summed E-state index contributed by atoms with van der Waals surface area (Å²) < 4.78 is 1.90. The molecule has 0 aliphatic rings. The molecule has 5 nitrogen and oxygen atoms in total. The SMILES string of the molecule is CCCCN(CC)C(=O)c1cc(C(C)C)nc2c1cnn2C(C)C. The molecule has 0 bridgehead atoms. The number of carbonyl (C=O) groups excluding carboxylic acids is 1. The van der Waals surface area contributed by atoms with E-state index < -0.39 is 0 Å². The summed E-state index contributed by atoms with van der Waals surface area (Å²) in [5.74, 6) is 0.353. The molecule has 0 N–H and O–H groups in total. The van der Waals surface area contributed by atoms with Gasteiger partial charge in [0, 0.05) is 24.8 Å². The summed E-state index contributed by atoms with van der Waals surface area (Å²) in [6, 6.07) is 2.17. The van der Waals surface area contributed by atoms with E-state index in [-0.39, 0.29) is 17.9 Å². The highest BCUT2D eigenvalue weighted by Gasteiger charge is 2.21.